The van der Waals surface area contributed by atoms with E-state index in [-0.39, 0.29) is 31.4 Å². The monoisotopic (exact) mass is 676 g/mol. The summed E-state index contributed by atoms with van der Waals surface area (Å²) in [6.07, 6.45) is 6.54. The lowest BCUT2D eigenvalue weighted by Crippen LogP contribution is -2.55. The van der Waals surface area contributed by atoms with E-state index < -0.39 is 18.2 Å². The van der Waals surface area contributed by atoms with E-state index in [4.69, 9.17) is 9.47 Å². The Morgan fingerprint density at radius 3 is 2.63 bits per heavy atom. The third-order valence-electron chi connectivity index (χ3n) is 8.05. The molecule has 2 aromatic carbocycles. The van der Waals surface area contributed by atoms with E-state index in [1.807, 2.05) is 48.5 Å². The zero-order chi connectivity index (χ0) is 29.2. The predicted molar refractivity (Wildman–Crippen MR) is 166 cm³/mol. The highest BCUT2D eigenvalue weighted by Gasteiger charge is 2.40. The van der Waals surface area contributed by atoms with Gasteiger partial charge in [-0.3, -0.25) is 9.59 Å². The van der Waals surface area contributed by atoms with Gasteiger partial charge < -0.3 is 29.9 Å². The SMILES string of the molecule is COc1cccc(CCN(C(=O)CCC2CCCC2)C2CC(C(=O)NCCO)=CC(Oc3ccccc3I)C2O)c1. The van der Waals surface area contributed by atoms with Crippen molar-refractivity contribution in [1.82, 2.24) is 10.2 Å². The molecule has 0 spiro atoms. The van der Waals surface area contributed by atoms with Crippen LogP contribution >= 0.6 is 22.6 Å². The van der Waals surface area contributed by atoms with E-state index in [9.17, 15) is 19.8 Å². The molecule has 0 aliphatic heterocycles. The first-order valence-corrected chi connectivity index (χ1v) is 15.6. The summed E-state index contributed by atoms with van der Waals surface area (Å²) in [6, 6.07) is 14.6. The minimum atomic E-state index is -1.04. The molecule has 8 nitrogen and oxygen atoms in total. The molecule has 41 heavy (non-hydrogen) atoms. The fourth-order valence-electron chi connectivity index (χ4n) is 5.79. The molecule has 2 amide bonds. The van der Waals surface area contributed by atoms with Crippen LogP contribution in [0.3, 0.4) is 0 Å². The second-order valence-electron chi connectivity index (χ2n) is 10.8. The first-order chi connectivity index (χ1) is 19.9. The van der Waals surface area contributed by atoms with Gasteiger partial charge in [-0.05, 0) is 77.3 Å². The fraction of sp³-hybridized carbons (Fsp3) is 0.500. The molecule has 1 fully saturated rings. The predicted octanol–water partition coefficient (Wildman–Crippen LogP) is 4.26. The molecule has 0 heterocycles. The molecule has 1 saturated carbocycles. The molecule has 222 valence electrons. The summed E-state index contributed by atoms with van der Waals surface area (Å²) in [6.45, 7) is 0.324. The first kappa shape index (κ1) is 31.3. The number of benzene rings is 2. The third-order valence-corrected chi connectivity index (χ3v) is 8.94. The lowest BCUT2D eigenvalue weighted by molar-refractivity contribution is -0.138. The molecule has 0 bridgehead atoms. The van der Waals surface area contributed by atoms with Gasteiger partial charge in [0.2, 0.25) is 11.8 Å². The van der Waals surface area contributed by atoms with E-state index in [1.54, 1.807) is 18.1 Å². The number of nitrogens with zero attached hydrogens (tertiary/aromatic N) is 1. The molecule has 0 radical (unpaired) electrons. The Hall–Kier alpha value is -2.63. The van der Waals surface area contributed by atoms with E-state index >= 15 is 0 Å². The Balaban J connectivity index is 1.61. The van der Waals surface area contributed by atoms with Crippen molar-refractivity contribution < 1.29 is 29.3 Å². The van der Waals surface area contributed by atoms with Crippen molar-refractivity contribution in [1.29, 1.82) is 0 Å². The summed E-state index contributed by atoms with van der Waals surface area (Å²) in [4.78, 5) is 28.7. The Labute approximate surface area is 256 Å². The maximum Gasteiger partial charge on any atom is 0.247 e. The molecule has 3 N–H and O–H groups in total. The number of halogens is 1. The minimum Gasteiger partial charge on any atom is -0.497 e. The van der Waals surface area contributed by atoms with Gasteiger partial charge in [0.05, 0.1) is 23.3 Å². The van der Waals surface area contributed by atoms with E-state index in [2.05, 4.69) is 27.9 Å². The van der Waals surface area contributed by atoms with Crippen molar-refractivity contribution in [2.24, 2.45) is 5.92 Å². The van der Waals surface area contributed by atoms with Crippen LogP contribution in [0.2, 0.25) is 0 Å². The van der Waals surface area contributed by atoms with Crippen LogP contribution in [0.25, 0.3) is 0 Å². The number of amides is 2. The van der Waals surface area contributed by atoms with Crippen molar-refractivity contribution in [2.75, 3.05) is 26.8 Å². The van der Waals surface area contributed by atoms with Gasteiger partial charge in [-0.2, -0.15) is 0 Å². The van der Waals surface area contributed by atoms with Crippen LogP contribution in [-0.4, -0.2) is 72.0 Å². The lowest BCUT2D eigenvalue weighted by Gasteiger charge is -2.41. The Kier molecular flexibility index (Phi) is 11.9. The number of nitrogens with one attached hydrogen (secondary N) is 1. The average molecular weight is 677 g/mol. The Morgan fingerprint density at radius 2 is 1.90 bits per heavy atom. The second-order valence-corrected chi connectivity index (χ2v) is 12.0. The smallest absolute Gasteiger partial charge is 0.247 e. The second kappa shape index (κ2) is 15.6. The molecule has 2 aromatic rings. The van der Waals surface area contributed by atoms with Crippen LogP contribution in [0.4, 0.5) is 0 Å². The standard InChI is InChI=1S/C32H41IN2O6/c1-40-25-10-6-9-23(19-25)15-17-35(30(37)14-13-22-7-2-3-8-22)27-20-24(32(39)34-16-18-36)21-29(31(27)38)41-28-12-5-4-11-26(28)33/h4-6,9-12,19,21-22,27,29,31,36,38H,2-3,7-8,13-18,20H2,1H3,(H,34,39). The van der Waals surface area contributed by atoms with Gasteiger partial charge in [-0.15, -0.1) is 0 Å². The van der Waals surface area contributed by atoms with E-state index in [0.717, 1.165) is 34.1 Å². The van der Waals surface area contributed by atoms with Crippen molar-refractivity contribution in [3.05, 3.63) is 69.3 Å². The molecule has 3 unspecified atom stereocenters. The van der Waals surface area contributed by atoms with Crippen LogP contribution in [0, 0.1) is 9.49 Å². The molecule has 2 aliphatic carbocycles. The van der Waals surface area contributed by atoms with E-state index in [1.165, 1.54) is 12.8 Å². The number of carbonyl (C=O) groups excluding carboxylic acids is 2. The highest BCUT2D eigenvalue weighted by atomic mass is 127. The molecule has 2 aliphatic rings. The van der Waals surface area contributed by atoms with Crippen LogP contribution < -0.4 is 14.8 Å². The van der Waals surface area contributed by atoms with Gasteiger partial charge in [0.15, 0.2) is 0 Å². The molecular weight excluding hydrogens is 635 g/mol. The number of hydrogen-bond donors (Lipinski definition) is 3. The summed E-state index contributed by atoms with van der Waals surface area (Å²) >= 11 is 2.18. The first-order valence-electron chi connectivity index (χ1n) is 14.5. The molecule has 0 saturated heterocycles. The highest BCUT2D eigenvalue weighted by molar-refractivity contribution is 14.1. The number of methoxy groups -OCH3 is 1. The van der Waals surface area contributed by atoms with Gasteiger partial charge in [0.25, 0.3) is 0 Å². The zero-order valence-corrected chi connectivity index (χ0v) is 25.8. The fourth-order valence-corrected chi connectivity index (χ4v) is 6.30. The zero-order valence-electron chi connectivity index (χ0n) is 23.6. The summed E-state index contributed by atoms with van der Waals surface area (Å²) in [7, 11) is 1.63. The van der Waals surface area contributed by atoms with Crippen molar-refractivity contribution in [3.8, 4) is 11.5 Å². The molecular formula is C32H41IN2O6. The van der Waals surface area contributed by atoms with Crippen LogP contribution in [0.15, 0.2) is 60.2 Å². The average Bonchev–Trinajstić information content (AvgIpc) is 3.51. The number of rotatable bonds is 13. The van der Waals surface area contributed by atoms with Gasteiger partial charge in [0, 0.05) is 31.5 Å². The van der Waals surface area contributed by atoms with Gasteiger partial charge in [-0.25, -0.2) is 0 Å². The van der Waals surface area contributed by atoms with Gasteiger partial charge in [-0.1, -0.05) is 49.9 Å². The minimum absolute atomic E-state index is 0.0195. The maximum atomic E-state index is 13.9. The summed E-state index contributed by atoms with van der Waals surface area (Å²) in [5.41, 5.74) is 1.45. The van der Waals surface area contributed by atoms with E-state index in [0.29, 0.717) is 36.6 Å². The van der Waals surface area contributed by atoms with Crippen LogP contribution in [0.5, 0.6) is 11.5 Å². The normalized spacial score (nSPS) is 20.8. The molecule has 0 aromatic heterocycles. The number of para-hydroxylation sites is 1. The Morgan fingerprint density at radius 1 is 1.12 bits per heavy atom. The number of aliphatic hydroxyl groups is 2. The Bertz CT molecular complexity index is 1200. The maximum absolute atomic E-state index is 13.9. The van der Waals surface area contributed by atoms with Crippen molar-refractivity contribution >= 4 is 34.4 Å². The van der Waals surface area contributed by atoms with Gasteiger partial charge >= 0.3 is 0 Å². The number of hydrogen-bond acceptors (Lipinski definition) is 6. The number of carbonyl (C=O) groups is 2. The van der Waals surface area contributed by atoms with Crippen LogP contribution in [0.1, 0.15) is 50.5 Å². The summed E-state index contributed by atoms with van der Waals surface area (Å²) in [5, 5.41) is 23.6. The summed E-state index contributed by atoms with van der Waals surface area (Å²) in [5.74, 6) is 1.55. The van der Waals surface area contributed by atoms with Crippen LogP contribution in [-0.2, 0) is 16.0 Å². The number of aliphatic hydroxyl groups excluding tert-OH is 2. The van der Waals surface area contributed by atoms with Crippen molar-refractivity contribution in [3.63, 3.8) is 0 Å². The molecule has 3 atom stereocenters. The molecule has 4 rings (SSSR count). The van der Waals surface area contributed by atoms with Gasteiger partial charge in [0.1, 0.15) is 23.7 Å². The number of ether oxygens (including phenoxy) is 2. The quantitative estimate of drug-likeness (QED) is 0.274. The third kappa shape index (κ3) is 8.68. The topological polar surface area (TPSA) is 108 Å². The van der Waals surface area contributed by atoms with Crippen molar-refractivity contribution in [2.45, 2.75) is 69.6 Å². The highest BCUT2D eigenvalue weighted by Crippen LogP contribution is 2.32. The largest absolute Gasteiger partial charge is 0.497 e. The lowest BCUT2D eigenvalue weighted by atomic mass is 9.87. The molecule has 9 heteroatoms. The summed E-state index contributed by atoms with van der Waals surface area (Å²) < 4.78 is 12.5.